The minimum atomic E-state index is -0.324. The van der Waals surface area contributed by atoms with Crippen LogP contribution in [0.5, 0.6) is 0 Å². The Balaban J connectivity index is 1.71. The molecule has 0 saturated carbocycles. The molecule has 2 heterocycles. The molecular weight excluding hydrogens is 303 g/mol. The summed E-state index contributed by atoms with van der Waals surface area (Å²) in [6, 6.07) is 5.86. The molecule has 22 heavy (non-hydrogen) atoms. The number of hydrogen-bond acceptors (Lipinski definition) is 4. The second-order valence-corrected chi connectivity index (χ2v) is 6.47. The Kier molecular flexibility index (Phi) is 4.59. The molecule has 1 aromatic rings. The fourth-order valence-corrected chi connectivity index (χ4v) is 3.46. The van der Waals surface area contributed by atoms with E-state index in [-0.39, 0.29) is 17.0 Å². The van der Waals surface area contributed by atoms with Gasteiger partial charge in [0, 0.05) is 0 Å². The van der Waals surface area contributed by atoms with E-state index in [4.69, 9.17) is 0 Å². The standard InChI is InChI=1S/C16H17FN2O2S/c17-13-6-4-12(5-7-13)10-14-15(20)19(16(21)22-14)11-18-8-2-1-3-9-18/h4-7,10H,1-3,8-9,11H2/b14-10+. The number of imide groups is 1. The molecule has 116 valence electrons. The third kappa shape index (κ3) is 3.39. The van der Waals surface area contributed by atoms with Crippen molar-refractivity contribution < 1.29 is 14.0 Å². The van der Waals surface area contributed by atoms with Gasteiger partial charge in [-0.2, -0.15) is 0 Å². The van der Waals surface area contributed by atoms with Crippen molar-refractivity contribution in [2.75, 3.05) is 19.8 Å². The Morgan fingerprint density at radius 3 is 2.45 bits per heavy atom. The summed E-state index contributed by atoms with van der Waals surface area (Å²) in [7, 11) is 0. The number of carbonyl (C=O) groups is 2. The van der Waals surface area contributed by atoms with E-state index in [9.17, 15) is 14.0 Å². The van der Waals surface area contributed by atoms with E-state index in [2.05, 4.69) is 4.90 Å². The summed E-state index contributed by atoms with van der Waals surface area (Å²) in [6.45, 7) is 2.23. The van der Waals surface area contributed by atoms with Crippen molar-refractivity contribution in [2.45, 2.75) is 19.3 Å². The van der Waals surface area contributed by atoms with E-state index in [1.165, 1.54) is 23.5 Å². The molecule has 0 unspecified atom stereocenters. The van der Waals surface area contributed by atoms with Gasteiger partial charge in [-0.05, 0) is 61.5 Å². The lowest BCUT2D eigenvalue weighted by molar-refractivity contribution is -0.124. The molecule has 0 bridgehead atoms. The lowest BCUT2D eigenvalue weighted by Crippen LogP contribution is -2.42. The van der Waals surface area contributed by atoms with Crippen LogP contribution >= 0.6 is 11.8 Å². The Bertz CT molecular complexity index is 609. The van der Waals surface area contributed by atoms with E-state index in [1.54, 1.807) is 18.2 Å². The number of hydrogen-bond donors (Lipinski definition) is 0. The number of nitrogens with zero attached hydrogens (tertiary/aromatic N) is 2. The molecule has 0 radical (unpaired) electrons. The molecule has 0 atom stereocenters. The minimum absolute atomic E-state index is 0.232. The van der Waals surface area contributed by atoms with Crippen LogP contribution in [0.4, 0.5) is 9.18 Å². The summed E-state index contributed by atoms with van der Waals surface area (Å²) < 4.78 is 12.9. The summed E-state index contributed by atoms with van der Waals surface area (Å²) in [5.41, 5.74) is 0.713. The molecule has 4 nitrogen and oxygen atoms in total. The van der Waals surface area contributed by atoms with Crippen LogP contribution < -0.4 is 0 Å². The van der Waals surface area contributed by atoms with Crippen LogP contribution in [-0.2, 0) is 4.79 Å². The normalized spacial score (nSPS) is 21.9. The number of rotatable bonds is 3. The molecule has 2 fully saturated rings. The Morgan fingerprint density at radius 1 is 1.09 bits per heavy atom. The summed E-state index contributed by atoms with van der Waals surface area (Å²) in [5, 5.41) is -0.232. The highest BCUT2D eigenvalue weighted by Gasteiger charge is 2.36. The van der Waals surface area contributed by atoms with Crippen LogP contribution in [0.2, 0.25) is 0 Å². The number of benzene rings is 1. The van der Waals surface area contributed by atoms with Crippen molar-refractivity contribution >= 4 is 29.0 Å². The van der Waals surface area contributed by atoms with Gasteiger partial charge in [-0.1, -0.05) is 18.6 Å². The van der Waals surface area contributed by atoms with Crippen LogP contribution in [0.3, 0.4) is 0 Å². The molecular formula is C16H17FN2O2S. The molecule has 2 saturated heterocycles. The molecule has 1 aromatic carbocycles. The average Bonchev–Trinajstić information content (AvgIpc) is 2.78. The topological polar surface area (TPSA) is 40.6 Å². The van der Waals surface area contributed by atoms with E-state index < -0.39 is 0 Å². The van der Waals surface area contributed by atoms with Gasteiger partial charge in [0.1, 0.15) is 5.82 Å². The third-order valence-electron chi connectivity index (χ3n) is 3.83. The second kappa shape index (κ2) is 6.62. The molecule has 3 rings (SSSR count). The van der Waals surface area contributed by atoms with Crippen molar-refractivity contribution in [3.05, 3.63) is 40.6 Å². The van der Waals surface area contributed by atoms with E-state index in [1.807, 2.05) is 0 Å². The van der Waals surface area contributed by atoms with Crippen molar-refractivity contribution in [2.24, 2.45) is 0 Å². The zero-order chi connectivity index (χ0) is 15.5. The SMILES string of the molecule is O=C1S/C(=C/c2ccc(F)cc2)C(=O)N1CN1CCCCC1. The molecule has 0 N–H and O–H groups in total. The summed E-state index contributed by atoms with van der Waals surface area (Å²) >= 11 is 0.948. The lowest BCUT2D eigenvalue weighted by Gasteiger charge is -2.29. The number of piperidine rings is 1. The van der Waals surface area contributed by atoms with E-state index in [0.29, 0.717) is 17.1 Å². The molecule has 0 aromatic heterocycles. The zero-order valence-corrected chi connectivity index (χ0v) is 12.9. The summed E-state index contributed by atoms with van der Waals surface area (Å²) in [6.07, 6.45) is 5.08. The predicted octanol–water partition coefficient (Wildman–Crippen LogP) is 3.31. The Morgan fingerprint density at radius 2 is 1.77 bits per heavy atom. The third-order valence-corrected chi connectivity index (χ3v) is 4.74. The van der Waals surface area contributed by atoms with Crippen LogP contribution in [0.1, 0.15) is 24.8 Å². The van der Waals surface area contributed by atoms with Gasteiger partial charge in [0.2, 0.25) is 0 Å². The van der Waals surface area contributed by atoms with Crippen molar-refractivity contribution in [1.82, 2.24) is 9.80 Å². The van der Waals surface area contributed by atoms with E-state index in [0.717, 1.165) is 37.7 Å². The van der Waals surface area contributed by atoms with Gasteiger partial charge in [-0.25, -0.2) is 4.39 Å². The van der Waals surface area contributed by atoms with Gasteiger partial charge < -0.3 is 0 Å². The van der Waals surface area contributed by atoms with Gasteiger partial charge in [-0.15, -0.1) is 0 Å². The van der Waals surface area contributed by atoms with Gasteiger partial charge >= 0.3 is 0 Å². The van der Waals surface area contributed by atoms with Crippen LogP contribution in [0.25, 0.3) is 6.08 Å². The van der Waals surface area contributed by atoms with Crippen LogP contribution in [-0.4, -0.2) is 40.7 Å². The van der Waals surface area contributed by atoms with Gasteiger partial charge in [0.15, 0.2) is 0 Å². The first-order valence-electron chi connectivity index (χ1n) is 7.37. The molecule has 2 aliphatic heterocycles. The summed E-state index contributed by atoms with van der Waals surface area (Å²) in [5.74, 6) is -0.583. The number of halogens is 1. The molecule has 0 aliphatic carbocycles. The number of thioether (sulfide) groups is 1. The summed E-state index contributed by atoms with van der Waals surface area (Å²) in [4.78, 5) is 28.3. The largest absolute Gasteiger partial charge is 0.294 e. The monoisotopic (exact) mass is 320 g/mol. The lowest BCUT2D eigenvalue weighted by atomic mass is 10.1. The first kappa shape index (κ1) is 15.2. The Labute approximate surface area is 133 Å². The van der Waals surface area contributed by atoms with Crippen molar-refractivity contribution in [1.29, 1.82) is 0 Å². The Hall–Kier alpha value is -1.66. The van der Waals surface area contributed by atoms with E-state index >= 15 is 0 Å². The van der Waals surface area contributed by atoms with Crippen LogP contribution in [0.15, 0.2) is 29.2 Å². The fraction of sp³-hybridized carbons (Fsp3) is 0.375. The minimum Gasteiger partial charge on any atom is -0.286 e. The van der Waals surface area contributed by atoms with Gasteiger partial charge in [-0.3, -0.25) is 19.4 Å². The van der Waals surface area contributed by atoms with Crippen LogP contribution in [0, 0.1) is 5.82 Å². The van der Waals surface area contributed by atoms with Crippen molar-refractivity contribution in [3.63, 3.8) is 0 Å². The quantitative estimate of drug-likeness (QED) is 0.801. The average molecular weight is 320 g/mol. The molecule has 2 aliphatic rings. The smallest absolute Gasteiger partial charge is 0.286 e. The number of carbonyl (C=O) groups excluding carboxylic acids is 2. The second-order valence-electron chi connectivity index (χ2n) is 5.48. The predicted molar refractivity (Wildman–Crippen MR) is 84.5 cm³/mol. The fourth-order valence-electron chi connectivity index (χ4n) is 2.63. The number of amides is 2. The van der Waals surface area contributed by atoms with Gasteiger partial charge in [0.25, 0.3) is 11.1 Å². The number of likely N-dealkylation sites (tertiary alicyclic amines) is 1. The maximum absolute atomic E-state index is 12.9. The maximum Gasteiger partial charge on any atom is 0.294 e. The molecule has 2 amide bonds. The van der Waals surface area contributed by atoms with Crippen molar-refractivity contribution in [3.8, 4) is 0 Å². The maximum atomic E-state index is 12.9. The first-order valence-corrected chi connectivity index (χ1v) is 8.18. The highest BCUT2D eigenvalue weighted by atomic mass is 32.2. The highest BCUT2D eigenvalue weighted by Crippen LogP contribution is 2.32. The zero-order valence-electron chi connectivity index (χ0n) is 12.1. The molecule has 6 heteroatoms. The molecule has 0 spiro atoms. The first-order chi connectivity index (χ1) is 10.6. The highest BCUT2D eigenvalue weighted by molar-refractivity contribution is 8.18. The van der Waals surface area contributed by atoms with Gasteiger partial charge in [0.05, 0.1) is 11.6 Å².